The highest BCUT2D eigenvalue weighted by Gasteiger charge is 2.31. The summed E-state index contributed by atoms with van der Waals surface area (Å²) in [5.41, 5.74) is 1.44. The van der Waals surface area contributed by atoms with Gasteiger partial charge in [0.1, 0.15) is 6.54 Å². The highest BCUT2D eigenvalue weighted by atomic mass is 35.5. The molecule has 1 aliphatic heterocycles. The van der Waals surface area contributed by atoms with Gasteiger partial charge in [-0.3, -0.25) is 9.69 Å². The number of urea groups is 1. The van der Waals surface area contributed by atoms with Crippen molar-refractivity contribution in [2.75, 3.05) is 44.1 Å². The number of anilines is 2. The van der Waals surface area contributed by atoms with E-state index in [2.05, 4.69) is 10.3 Å². The zero-order valence-corrected chi connectivity index (χ0v) is 17.9. The molecule has 0 radical (unpaired) electrons. The molecule has 0 saturated carbocycles. The van der Waals surface area contributed by atoms with Crippen LogP contribution in [0, 0.1) is 0 Å². The van der Waals surface area contributed by atoms with E-state index >= 15 is 0 Å². The summed E-state index contributed by atoms with van der Waals surface area (Å²) in [5.74, 6) is 0.818. The molecule has 30 heavy (non-hydrogen) atoms. The first kappa shape index (κ1) is 20.2. The summed E-state index contributed by atoms with van der Waals surface area (Å²) < 4.78 is 11.4. The molecule has 10 heteroatoms. The predicted molar refractivity (Wildman–Crippen MR) is 117 cm³/mol. The Bertz CT molecular complexity index is 1120. The SMILES string of the molecule is COc1ccc(N2CCN(CC(=O)Nc3nc4ccc(Cl)cc4s3)C2=O)cc1OC. The normalized spacial score (nSPS) is 13.8. The van der Waals surface area contributed by atoms with Gasteiger partial charge in [0.05, 0.1) is 24.4 Å². The van der Waals surface area contributed by atoms with Crippen molar-refractivity contribution in [1.82, 2.24) is 9.88 Å². The number of methoxy groups -OCH3 is 2. The minimum Gasteiger partial charge on any atom is -0.493 e. The van der Waals surface area contributed by atoms with Crippen molar-refractivity contribution in [1.29, 1.82) is 0 Å². The van der Waals surface area contributed by atoms with E-state index in [-0.39, 0.29) is 18.5 Å². The zero-order chi connectivity index (χ0) is 21.3. The second-order valence-corrected chi connectivity index (χ2v) is 8.04. The Morgan fingerprint density at radius 2 is 1.97 bits per heavy atom. The number of aromatic nitrogens is 1. The Morgan fingerprint density at radius 3 is 2.73 bits per heavy atom. The van der Waals surface area contributed by atoms with Crippen molar-refractivity contribution in [2.24, 2.45) is 0 Å². The maximum atomic E-state index is 12.8. The van der Waals surface area contributed by atoms with Gasteiger partial charge in [-0.15, -0.1) is 0 Å². The number of nitrogens with zero attached hydrogens (tertiary/aromatic N) is 3. The molecule has 2 aromatic carbocycles. The van der Waals surface area contributed by atoms with Gasteiger partial charge in [-0.05, 0) is 30.3 Å². The molecule has 156 valence electrons. The number of halogens is 1. The lowest BCUT2D eigenvalue weighted by Crippen LogP contribution is -2.37. The molecule has 0 spiro atoms. The number of amides is 3. The first-order chi connectivity index (χ1) is 14.5. The molecule has 0 unspecified atom stereocenters. The number of carbonyl (C=O) groups excluding carboxylic acids is 2. The maximum absolute atomic E-state index is 12.8. The average Bonchev–Trinajstić information content (AvgIpc) is 3.29. The minimum absolute atomic E-state index is 0.0562. The largest absolute Gasteiger partial charge is 0.493 e. The first-order valence-corrected chi connectivity index (χ1v) is 10.3. The van der Waals surface area contributed by atoms with Crippen LogP contribution in [0.1, 0.15) is 0 Å². The number of thiazole rings is 1. The van der Waals surface area contributed by atoms with Gasteiger partial charge in [-0.1, -0.05) is 22.9 Å². The van der Waals surface area contributed by atoms with Crippen molar-refractivity contribution in [2.45, 2.75) is 0 Å². The quantitative estimate of drug-likeness (QED) is 0.621. The van der Waals surface area contributed by atoms with E-state index in [9.17, 15) is 9.59 Å². The van der Waals surface area contributed by atoms with Crippen LogP contribution in [-0.4, -0.2) is 55.7 Å². The molecule has 1 N–H and O–H groups in total. The van der Waals surface area contributed by atoms with Crippen LogP contribution in [0.5, 0.6) is 11.5 Å². The Hall–Kier alpha value is -3.04. The lowest BCUT2D eigenvalue weighted by Gasteiger charge is -2.19. The van der Waals surface area contributed by atoms with Gasteiger partial charge >= 0.3 is 6.03 Å². The first-order valence-electron chi connectivity index (χ1n) is 9.13. The average molecular weight is 447 g/mol. The van der Waals surface area contributed by atoms with Gasteiger partial charge in [0.15, 0.2) is 16.6 Å². The van der Waals surface area contributed by atoms with Crippen LogP contribution in [0.2, 0.25) is 5.02 Å². The smallest absolute Gasteiger partial charge is 0.325 e. The summed E-state index contributed by atoms with van der Waals surface area (Å²) >= 11 is 7.33. The standard InChI is InChI=1S/C20H19ClN4O4S/c1-28-15-6-4-13(10-16(15)29-2)25-8-7-24(20(25)27)11-18(26)23-19-22-14-5-3-12(21)9-17(14)30-19/h3-6,9-10H,7-8,11H2,1-2H3,(H,22,23,26). The molecule has 3 amide bonds. The van der Waals surface area contributed by atoms with E-state index < -0.39 is 0 Å². The fourth-order valence-electron chi connectivity index (χ4n) is 3.25. The monoisotopic (exact) mass is 446 g/mol. The van der Waals surface area contributed by atoms with Crippen LogP contribution in [0.3, 0.4) is 0 Å². The Labute approximate surface area is 182 Å². The number of hydrogen-bond donors (Lipinski definition) is 1. The second kappa shape index (κ2) is 8.37. The van der Waals surface area contributed by atoms with Crippen LogP contribution in [0.4, 0.5) is 15.6 Å². The predicted octanol–water partition coefficient (Wildman–Crippen LogP) is 3.85. The Morgan fingerprint density at radius 1 is 1.17 bits per heavy atom. The molecular weight excluding hydrogens is 428 g/mol. The molecule has 4 rings (SSSR count). The minimum atomic E-state index is -0.303. The highest BCUT2D eigenvalue weighted by molar-refractivity contribution is 7.22. The number of fused-ring (bicyclic) bond motifs is 1. The highest BCUT2D eigenvalue weighted by Crippen LogP contribution is 2.33. The molecular formula is C20H19ClN4O4S. The third-order valence-electron chi connectivity index (χ3n) is 4.71. The molecule has 0 atom stereocenters. The van der Waals surface area contributed by atoms with Crippen LogP contribution < -0.4 is 19.7 Å². The number of nitrogens with one attached hydrogen (secondary N) is 1. The number of benzene rings is 2. The molecule has 1 aromatic heterocycles. The topological polar surface area (TPSA) is 84.0 Å². The number of rotatable bonds is 6. The van der Waals surface area contributed by atoms with E-state index in [1.54, 1.807) is 55.5 Å². The van der Waals surface area contributed by atoms with E-state index in [0.717, 1.165) is 10.2 Å². The molecule has 0 bridgehead atoms. The van der Waals surface area contributed by atoms with Gasteiger partial charge in [0.25, 0.3) is 0 Å². The van der Waals surface area contributed by atoms with Gasteiger partial charge in [-0.2, -0.15) is 0 Å². The summed E-state index contributed by atoms with van der Waals surface area (Å²) in [6.45, 7) is 0.858. The van der Waals surface area contributed by atoms with Crippen molar-refractivity contribution in [3.8, 4) is 11.5 Å². The van der Waals surface area contributed by atoms with Crippen LogP contribution in [0.25, 0.3) is 10.2 Å². The van der Waals surface area contributed by atoms with E-state index in [0.29, 0.717) is 40.4 Å². The summed E-state index contributed by atoms with van der Waals surface area (Å²) in [7, 11) is 3.10. The fraction of sp³-hybridized carbons (Fsp3) is 0.250. The Kier molecular flexibility index (Phi) is 5.65. The fourth-order valence-corrected chi connectivity index (χ4v) is 4.40. The van der Waals surface area contributed by atoms with E-state index in [4.69, 9.17) is 21.1 Å². The molecule has 1 fully saturated rings. The summed E-state index contributed by atoms with van der Waals surface area (Å²) in [4.78, 5) is 32.7. The second-order valence-electron chi connectivity index (χ2n) is 6.57. The number of carbonyl (C=O) groups is 2. The van der Waals surface area contributed by atoms with Crippen molar-refractivity contribution in [3.05, 3.63) is 41.4 Å². The van der Waals surface area contributed by atoms with Crippen LogP contribution in [0.15, 0.2) is 36.4 Å². The van der Waals surface area contributed by atoms with Crippen LogP contribution in [-0.2, 0) is 4.79 Å². The van der Waals surface area contributed by atoms with Gasteiger partial charge in [0, 0.05) is 29.9 Å². The van der Waals surface area contributed by atoms with Crippen LogP contribution >= 0.6 is 22.9 Å². The van der Waals surface area contributed by atoms with Crippen molar-refractivity contribution in [3.63, 3.8) is 0 Å². The molecule has 3 aromatic rings. The van der Waals surface area contributed by atoms with Gasteiger partial charge in [-0.25, -0.2) is 9.78 Å². The van der Waals surface area contributed by atoms with E-state index in [1.165, 1.54) is 16.2 Å². The lowest BCUT2D eigenvalue weighted by atomic mass is 10.2. The molecule has 1 saturated heterocycles. The molecule has 2 heterocycles. The maximum Gasteiger partial charge on any atom is 0.325 e. The summed E-state index contributed by atoms with van der Waals surface area (Å²) in [6, 6.07) is 10.4. The third kappa shape index (κ3) is 3.99. The van der Waals surface area contributed by atoms with Crippen molar-refractivity contribution < 1.29 is 19.1 Å². The van der Waals surface area contributed by atoms with Gasteiger partial charge in [0.2, 0.25) is 5.91 Å². The number of ether oxygens (including phenoxy) is 2. The third-order valence-corrected chi connectivity index (χ3v) is 5.87. The lowest BCUT2D eigenvalue weighted by molar-refractivity contribution is -0.116. The van der Waals surface area contributed by atoms with Crippen molar-refractivity contribution >= 4 is 55.9 Å². The summed E-state index contributed by atoms with van der Waals surface area (Å²) in [6.07, 6.45) is 0. The molecule has 1 aliphatic rings. The molecule has 0 aliphatic carbocycles. The Balaban J connectivity index is 1.41. The summed E-state index contributed by atoms with van der Waals surface area (Å²) in [5, 5.41) is 3.85. The number of hydrogen-bond acceptors (Lipinski definition) is 6. The molecule has 8 nitrogen and oxygen atoms in total. The zero-order valence-electron chi connectivity index (χ0n) is 16.3. The van der Waals surface area contributed by atoms with Gasteiger partial charge < -0.3 is 19.7 Å². The van der Waals surface area contributed by atoms with E-state index in [1.807, 2.05) is 0 Å².